The summed E-state index contributed by atoms with van der Waals surface area (Å²) in [5.41, 5.74) is -0.349. The summed E-state index contributed by atoms with van der Waals surface area (Å²) >= 11 is 0. The third-order valence-corrected chi connectivity index (χ3v) is 4.21. The summed E-state index contributed by atoms with van der Waals surface area (Å²) in [6, 6.07) is 0. The fourth-order valence-corrected chi connectivity index (χ4v) is 3.29. The predicted octanol–water partition coefficient (Wildman–Crippen LogP) is 1.35. The number of fused-ring (bicyclic) bond motifs is 3. The first-order chi connectivity index (χ1) is 6.73. The lowest BCUT2D eigenvalue weighted by Gasteiger charge is -2.49. The summed E-state index contributed by atoms with van der Waals surface area (Å²) in [6.07, 6.45) is 5.09. The van der Waals surface area contributed by atoms with Crippen molar-refractivity contribution in [3.05, 3.63) is 0 Å². The van der Waals surface area contributed by atoms with Crippen molar-refractivity contribution in [2.45, 2.75) is 32.1 Å². The van der Waals surface area contributed by atoms with Gasteiger partial charge in [0.25, 0.3) is 0 Å². The van der Waals surface area contributed by atoms with Crippen molar-refractivity contribution in [1.29, 1.82) is 0 Å². The molecule has 3 aliphatic carbocycles. The molecule has 1 atom stereocenters. The molecule has 0 amide bonds. The first-order valence-corrected chi connectivity index (χ1v) is 5.42. The normalized spacial score (nSPS) is 41.0. The molecule has 80 valence electrons. The Hall–Kier alpha value is -0.570. The van der Waals surface area contributed by atoms with Crippen molar-refractivity contribution in [2.75, 3.05) is 13.7 Å². The Morgan fingerprint density at radius 2 is 2.14 bits per heavy atom. The molecule has 3 rings (SSSR count). The van der Waals surface area contributed by atoms with E-state index in [9.17, 15) is 9.90 Å². The van der Waals surface area contributed by atoms with E-state index in [1.54, 1.807) is 0 Å². The molecule has 3 fully saturated rings. The van der Waals surface area contributed by atoms with E-state index in [2.05, 4.69) is 0 Å². The third kappa shape index (κ3) is 1.26. The molecule has 3 nitrogen and oxygen atoms in total. The van der Waals surface area contributed by atoms with Gasteiger partial charge in [-0.1, -0.05) is 0 Å². The lowest BCUT2D eigenvalue weighted by molar-refractivity contribution is -0.167. The van der Waals surface area contributed by atoms with Crippen LogP contribution < -0.4 is 0 Å². The minimum absolute atomic E-state index is 0.102. The fourth-order valence-electron chi connectivity index (χ4n) is 3.29. The zero-order valence-electron chi connectivity index (χ0n) is 8.66. The second kappa shape index (κ2) is 3.54. The van der Waals surface area contributed by atoms with Crippen LogP contribution in [-0.2, 0) is 9.53 Å². The second-order valence-corrected chi connectivity index (χ2v) is 4.71. The Kier molecular flexibility index (Phi) is 2.52. The number of carbonyl (C=O) groups excluding carboxylic acids is 1. The maximum absolute atomic E-state index is 11.8. The van der Waals surface area contributed by atoms with Gasteiger partial charge in [-0.2, -0.15) is 0 Å². The highest BCUT2D eigenvalue weighted by atomic mass is 16.5. The minimum atomic E-state index is -0.349. The first kappa shape index (κ1) is 9.97. The van der Waals surface area contributed by atoms with Gasteiger partial charge in [0.2, 0.25) is 0 Å². The summed E-state index contributed by atoms with van der Waals surface area (Å²) in [7, 11) is 1.45. The van der Waals surface area contributed by atoms with Gasteiger partial charge in [0.1, 0.15) is 0 Å². The monoisotopic (exact) mass is 198 g/mol. The van der Waals surface area contributed by atoms with Crippen LogP contribution in [0.1, 0.15) is 32.1 Å². The molecule has 3 heteroatoms. The van der Waals surface area contributed by atoms with Crippen LogP contribution in [0.2, 0.25) is 0 Å². The predicted molar refractivity (Wildman–Crippen MR) is 51.6 cm³/mol. The van der Waals surface area contributed by atoms with E-state index in [1.165, 1.54) is 7.11 Å². The van der Waals surface area contributed by atoms with Crippen molar-refractivity contribution in [1.82, 2.24) is 0 Å². The lowest BCUT2D eigenvalue weighted by Crippen LogP contribution is -2.49. The van der Waals surface area contributed by atoms with Crippen LogP contribution >= 0.6 is 0 Å². The van der Waals surface area contributed by atoms with Gasteiger partial charge in [0.05, 0.1) is 12.5 Å². The Morgan fingerprint density at radius 3 is 2.64 bits per heavy atom. The van der Waals surface area contributed by atoms with Crippen LogP contribution in [0.3, 0.4) is 0 Å². The molecule has 0 radical (unpaired) electrons. The topological polar surface area (TPSA) is 46.5 Å². The van der Waals surface area contributed by atoms with Crippen LogP contribution in [0.15, 0.2) is 0 Å². The van der Waals surface area contributed by atoms with E-state index in [0.717, 1.165) is 38.0 Å². The fraction of sp³-hybridized carbons (Fsp3) is 0.909. The molecule has 2 bridgehead atoms. The first-order valence-electron chi connectivity index (χ1n) is 5.42. The zero-order valence-corrected chi connectivity index (χ0v) is 8.66. The number of carbonyl (C=O) groups is 1. The number of esters is 1. The SMILES string of the molecule is COC(=O)C12CCC(CC1)CC2CO. The average molecular weight is 198 g/mol. The lowest BCUT2D eigenvalue weighted by atomic mass is 9.55. The Balaban J connectivity index is 2.23. The minimum Gasteiger partial charge on any atom is -0.469 e. The van der Waals surface area contributed by atoms with Crippen molar-refractivity contribution in [2.24, 2.45) is 17.3 Å². The van der Waals surface area contributed by atoms with Gasteiger partial charge in [-0.15, -0.1) is 0 Å². The van der Waals surface area contributed by atoms with Crippen molar-refractivity contribution in [3.63, 3.8) is 0 Å². The highest BCUT2D eigenvalue weighted by Gasteiger charge is 2.52. The summed E-state index contributed by atoms with van der Waals surface area (Å²) in [4.78, 5) is 11.8. The molecule has 3 aliphatic rings. The number of aliphatic hydroxyl groups excluding tert-OH is 1. The van der Waals surface area contributed by atoms with Crippen molar-refractivity contribution in [3.8, 4) is 0 Å². The Morgan fingerprint density at radius 1 is 1.50 bits per heavy atom. The maximum atomic E-state index is 11.8. The van der Waals surface area contributed by atoms with E-state index in [0.29, 0.717) is 0 Å². The third-order valence-electron chi connectivity index (χ3n) is 4.21. The van der Waals surface area contributed by atoms with Gasteiger partial charge in [0.15, 0.2) is 0 Å². The van der Waals surface area contributed by atoms with Gasteiger partial charge in [-0.3, -0.25) is 4.79 Å². The largest absolute Gasteiger partial charge is 0.469 e. The molecule has 0 spiro atoms. The standard InChI is InChI=1S/C11H18O3/c1-14-10(13)11-4-2-8(3-5-11)6-9(11)7-12/h8-9,12H,2-7H2,1H3. The van der Waals surface area contributed by atoms with Crippen LogP contribution in [0, 0.1) is 17.3 Å². The van der Waals surface area contributed by atoms with E-state index >= 15 is 0 Å². The highest BCUT2D eigenvalue weighted by Crippen LogP contribution is 2.54. The van der Waals surface area contributed by atoms with Crippen LogP contribution in [0.4, 0.5) is 0 Å². The van der Waals surface area contributed by atoms with Crippen molar-refractivity contribution >= 4 is 5.97 Å². The molecule has 0 aromatic rings. The molecule has 0 aromatic carbocycles. The van der Waals surface area contributed by atoms with Crippen LogP contribution in [0.5, 0.6) is 0 Å². The van der Waals surface area contributed by atoms with Crippen LogP contribution in [-0.4, -0.2) is 24.8 Å². The van der Waals surface area contributed by atoms with Gasteiger partial charge in [-0.25, -0.2) is 0 Å². The highest BCUT2D eigenvalue weighted by molar-refractivity contribution is 5.77. The second-order valence-electron chi connectivity index (χ2n) is 4.71. The van der Waals surface area contributed by atoms with E-state index < -0.39 is 0 Å². The summed E-state index contributed by atoms with van der Waals surface area (Å²) in [6.45, 7) is 0.131. The molecule has 3 saturated carbocycles. The Bertz CT molecular complexity index is 229. The quantitative estimate of drug-likeness (QED) is 0.681. The molecular formula is C11H18O3. The van der Waals surface area contributed by atoms with Gasteiger partial charge in [0, 0.05) is 6.61 Å². The van der Waals surface area contributed by atoms with Gasteiger partial charge >= 0.3 is 5.97 Å². The van der Waals surface area contributed by atoms with E-state index in [4.69, 9.17) is 4.74 Å². The Labute approximate surface area is 84.4 Å². The maximum Gasteiger partial charge on any atom is 0.312 e. The molecule has 0 heterocycles. The zero-order chi connectivity index (χ0) is 10.2. The van der Waals surface area contributed by atoms with E-state index in [1.807, 2.05) is 0 Å². The smallest absolute Gasteiger partial charge is 0.312 e. The van der Waals surface area contributed by atoms with Crippen molar-refractivity contribution < 1.29 is 14.6 Å². The number of hydrogen-bond acceptors (Lipinski definition) is 3. The van der Waals surface area contributed by atoms with Gasteiger partial charge < -0.3 is 9.84 Å². The molecular weight excluding hydrogens is 180 g/mol. The molecule has 0 saturated heterocycles. The summed E-state index contributed by atoms with van der Waals surface area (Å²) in [5, 5.41) is 9.31. The number of hydrogen-bond donors (Lipinski definition) is 1. The number of rotatable bonds is 2. The summed E-state index contributed by atoms with van der Waals surface area (Å²) in [5.74, 6) is 0.774. The molecule has 0 aliphatic heterocycles. The average Bonchev–Trinajstić information content (AvgIpc) is 2.29. The molecule has 1 unspecified atom stereocenters. The molecule has 0 aromatic heterocycles. The van der Waals surface area contributed by atoms with Gasteiger partial charge in [-0.05, 0) is 43.9 Å². The van der Waals surface area contributed by atoms with Crippen LogP contribution in [0.25, 0.3) is 0 Å². The number of aliphatic hydroxyl groups is 1. The van der Waals surface area contributed by atoms with E-state index in [-0.39, 0.29) is 23.9 Å². The molecule has 1 N–H and O–H groups in total. The number of methoxy groups -OCH3 is 1. The number of ether oxygens (including phenoxy) is 1. The summed E-state index contributed by atoms with van der Waals surface area (Å²) < 4.78 is 4.89. The molecule has 14 heavy (non-hydrogen) atoms.